The number of rotatable bonds is 4. The van der Waals surface area contributed by atoms with Crippen LogP contribution in [0, 0.1) is 11.7 Å². The van der Waals surface area contributed by atoms with Crippen LogP contribution in [-0.2, 0) is 22.8 Å². The van der Waals surface area contributed by atoms with E-state index >= 15 is 0 Å². The van der Waals surface area contributed by atoms with Crippen molar-refractivity contribution in [3.63, 3.8) is 0 Å². The summed E-state index contributed by atoms with van der Waals surface area (Å²) >= 11 is 1.07. The van der Waals surface area contributed by atoms with E-state index in [9.17, 15) is 9.00 Å². The second kappa shape index (κ2) is 6.51. The Hall–Kier alpha value is -1.77. The van der Waals surface area contributed by atoms with Gasteiger partial charge in [-0.3, -0.25) is 9.78 Å². The molecule has 0 aliphatic heterocycles. The molecule has 1 amide bonds. The fraction of sp³-hybridized carbons (Fsp3) is 0.412. The van der Waals surface area contributed by atoms with Gasteiger partial charge >= 0.3 is 0 Å². The Balaban J connectivity index is 2.04. The molecule has 1 atom stereocenters. The summed E-state index contributed by atoms with van der Waals surface area (Å²) in [6.45, 7) is 6.15. The topological polar surface area (TPSA) is 109 Å². The van der Waals surface area contributed by atoms with Crippen LogP contribution in [0.4, 0.5) is 5.69 Å². The highest BCUT2D eigenvalue weighted by atomic mass is 32.2. The molecular formula is C17H22N4O2S2. The molecule has 3 rings (SSSR count). The van der Waals surface area contributed by atoms with Crippen molar-refractivity contribution < 1.29 is 9.00 Å². The highest BCUT2D eigenvalue weighted by molar-refractivity contribution is 7.92. The molecule has 0 fully saturated rings. The number of aromatic nitrogens is 1. The van der Waals surface area contributed by atoms with Crippen LogP contribution in [0.2, 0.25) is 0 Å². The molecule has 134 valence electrons. The van der Waals surface area contributed by atoms with Crippen LogP contribution in [0.25, 0.3) is 0 Å². The Morgan fingerprint density at radius 2 is 2.16 bits per heavy atom. The van der Waals surface area contributed by atoms with E-state index in [-0.39, 0.29) is 21.6 Å². The van der Waals surface area contributed by atoms with Crippen LogP contribution in [0.15, 0.2) is 15.7 Å². The van der Waals surface area contributed by atoms with Crippen molar-refractivity contribution in [1.82, 2.24) is 4.98 Å². The second-order valence-corrected chi connectivity index (χ2v) is 9.39. The van der Waals surface area contributed by atoms with Crippen molar-refractivity contribution in [1.29, 1.82) is 4.78 Å². The van der Waals surface area contributed by atoms with Gasteiger partial charge in [0.05, 0.1) is 11.3 Å². The van der Waals surface area contributed by atoms with Crippen LogP contribution in [-0.4, -0.2) is 15.1 Å². The van der Waals surface area contributed by atoms with Crippen LogP contribution >= 0.6 is 11.3 Å². The van der Waals surface area contributed by atoms with Crippen LogP contribution in [0.1, 0.15) is 59.1 Å². The lowest BCUT2D eigenvalue weighted by atomic mass is 9.99. The number of fused-ring (bicyclic) bond motifs is 1. The molecule has 25 heavy (non-hydrogen) atoms. The van der Waals surface area contributed by atoms with E-state index in [4.69, 9.17) is 14.9 Å². The Labute approximate surface area is 152 Å². The van der Waals surface area contributed by atoms with Gasteiger partial charge in [-0.2, -0.15) is 0 Å². The maximum Gasteiger partial charge on any atom is 0.257 e. The van der Waals surface area contributed by atoms with Crippen LogP contribution < -0.4 is 10.5 Å². The zero-order valence-corrected chi connectivity index (χ0v) is 16.1. The van der Waals surface area contributed by atoms with E-state index in [0.29, 0.717) is 0 Å². The number of nitrogens with one attached hydrogen (secondary N) is 2. The van der Waals surface area contributed by atoms with E-state index in [1.807, 2.05) is 6.92 Å². The molecule has 1 aliphatic rings. The van der Waals surface area contributed by atoms with Crippen molar-refractivity contribution in [3.05, 3.63) is 39.5 Å². The minimum atomic E-state index is -3.43. The molecule has 2 aromatic heterocycles. The van der Waals surface area contributed by atoms with Gasteiger partial charge in [0.2, 0.25) is 0 Å². The molecule has 0 aromatic carbocycles. The molecular weight excluding hydrogens is 356 g/mol. The zero-order chi connectivity index (χ0) is 18.4. The first kappa shape index (κ1) is 18.0. The lowest BCUT2D eigenvalue weighted by Crippen LogP contribution is -2.19. The smallest absolute Gasteiger partial charge is 0.257 e. The van der Waals surface area contributed by atoms with Crippen molar-refractivity contribution in [2.24, 2.45) is 5.14 Å². The van der Waals surface area contributed by atoms with Gasteiger partial charge < -0.3 is 5.32 Å². The highest BCUT2D eigenvalue weighted by Gasteiger charge is 2.25. The van der Waals surface area contributed by atoms with Crippen molar-refractivity contribution in [3.8, 4) is 0 Å². The number of hydrogen-bond acceptors (Lipinski definition) is 5. The fourth-order valence-corrected chi connectivity index (χ4v) is 5.16. The molecule has 1 unspecified atom stereocenters. The SMILES string of the molecule is Cc1c(C(C)C)nc2c(c1NC(=O)c1ccsc1S(=N)(N)=O)CCC2. The summed E-state index contributed by atoms with van der Waals surface area (Å²) in [5, 5.41) is 10.0. The number of pyridine rings is 1. The predicted octanol–water partition coefficient (Wildman–Crippen LogP) is 3.60. The van der Waals surface area contributed by atoms with Crippen LogP contribution in [0.3, 0.4) is 0 Å². The van der Waals surface area contributed by atoms with Gasteiger partial charge in [0.15, 0.2) is 0 Å². The fourth-order valence-electron chi connectivity index (χ4n) is 3.31. The highest BCUT2D eigenvalue weighted by Crippen LogP contribution is 2.35. The van der Waals surface area contributed by atoms with Gasteiger partial charge in [-0.15, -0.1) is 11.3 Å². The van der Waals surface area contributed by atoms with Crippen molar-refractivity contribution in [2.45, 2.75) is 50.2 Å². The molecule has 0 spiro atoms. The zero-order valence-electron chi connectivity index (χ0n) is 14.5. The number of carbonyl (C=O) groups is 1. The maximum atomic E-state index is 12.8. The van der Waals surface area contributed by atoms with Crippen molar-refractivity contribution >= 4 is 32.8 Å². The lowest BCUT2D eigenvalue weighted by molar-refractivity contribution is 0.102. The predicted molar refractivity (Wildman–Crippen MR) is 101 cm³/mol. The summed E-state index contributed by atoms with van der Waals surface area (Å²) in [5.74, 6) is -0.117. The molecule has 0 radical (unpaired) electrons. The first-order valence-electron chi connectivity index (χ1n) is 8.17. The van der Waals surface area contributed by atoms with Gasteiger partial charge in [-0.1, -0.05) is 13.8 Å². The first-order chi connectivity index (χ1) is 11.7. The van der Waals surface area contributed by atoms with Crippen molar-refractivity contribution in [2.75, 3.05) is 5.32 Å². The van der Waals surface area contributed by atoms with E-state index in [1.54, 1.807) is 11.4 Å². The molecule has 4 N–H and O–H groups in total. The first-order valence-corrected chi connectivity index (χ1v) is 10.7. The third kappa shape index (κ3) is 3.33. The standard InChI is InChI=1S/C17H22N4O2S2/c1-9(2)14-10(3)15(11-5-4-6-13(11)20-14)21-16(22)12-7-8-24-17(12)25(18,19)23/h7-9H,4-6H2,1-3H3,(H3,18,19,23)(H,20,21,22). The lowest BCUT2D eigenvalue weighted by Gasteiger charge is -2.18. The number of nitrogens with zero attached hydrogens (tertiary/aromatic N) is 1. The number of thiophene rings is 1. The van der Waals surface area contributed by atoms with E-state index < -0.39 is 9.92 Å². The minimum Gasteiger partial charge on any atom is -0.321 e. The van der Waals surface area contributed by atoms with E-state index in [1.165, 1.54) is 0 Å². The number of amides is 1. The minimum absolute atomic E-state index is 0.109. The molecule has 2 aromatic rings. The summed E-state index contributed by atoms with van der Waals surface area (Å²) in [6, 6.07) is 1.57. The summed E-state index contributed by atoms with van der Waals surface area (Å²) in [6.07, 6.45) is 2.84. The van der Waals surface area contributed by atoms with Gasteiger partial charge in [0, 0.05) is 11.4 Å². The molecule has 0 bridgehead atoms. The average molecular weight is 379 g/mol. The van der Waals surface area contributed by atoms with Gasteiger partial charge in [0.1, 0.15) is 14.1 Å². The Kier molecular flexibility index (Phi) is 4.70. The summed E-state index contributed by atoms with van der Waals surface area (Å²) in [7, 11) is -3.43. The number of nitrogens with two attached hydrogens (primary N) is 1. The summed E-state index contributed by atoms with van der Waals surface area (Å²) in [5.41, 5.74) is 5.12. The molecule has 6 nitrogen and oxygen atoms in total. The van der Waals surface area contributed by atoms with Crippen LogP contribution in [0.5, 0.6) is 0 Å². The third-order valence-corrected chi connectivity index (χ3v) is 6.95. The average Bonchev–Trinajstić information content (AvgIpc) is 3.16. The number of aryl methyl sites for hydroxylation is 1. The van der Waals surface area contributed by atoms with Gasteiger partial charge in [-0.05, 0) is 54.7 Å². The third-order valence-electron chi connectivity index (χ3n) is 4.44. The Morgan fingerprint density at radius 3 is 2.80 bits per heavy atom. The summed E-state index contributed by atoms with van der Waals surface area (Å²) in [4.78, 5) is 17.6. The monoisotopic (exact) mass is 378 g/mol. The number of carbonyl (C=O) groups excluding carboxylic acids is 1. The Bertz CT molecular complexity index is 946. The Morgan fingerprint density at radius 1 is 1.44 bits per heavy atom. The van der Waals surface area contributed by atoms with Gasteiger partial charge in [0.25, 0.3) is 5.91 Å². The molecule has 1 aliphatic carbocycles. The number of hydrogen-bond donors (Lipinski definition) is 3. The molecule has 8 heteroatoms. The summed E-state index contributed by atoms with van der Waals surface area (Å²) < 4.78 is 19.6. The molecule has 0 saturated heterocycles. The normalized spacial score (nSPS) is 15.9. The molecule has 2 heterocycles. The largest absolute Gasteiger partial charge is 0.321 e. The van der Waals surface area contributed by atoms with E-state index in [0.717, 1.165) is 58.8 Å². The number of anilines is 1. The maximum absolute atomic E-state index is 12.8. The molecule has 0 saturated carbocycles. The van der Waals surface area contributed by atoms with Gasteiger partial charge in [-0.25, -0.2) is 14.1 Å². The van der Waals surface area contributed by atoms with E-state index in [2.05, 4.69) is 19.2 Å². The second-order valence-electron chi connectivity index (χ2n) is 6.61. The quantitative estimate of drug-likeness (QED) is 0.756.